The molecule has 0 radical (unpaired) electrons. The van der Waals surface area contributed by atoms with E-state index in [-0.39, 0.29) is 25.2 Å². The fraction of sp³-hybridized carbons (Fsp3) is 0.222. The number of ether oxygens (including phenoxy) is 3. The molecule has 0 aliphatic rings. The first-order valence-corrected chi connectivity index (χ1v) is 11.6. The van der Waals surface area contributed by atoms with Gasteiger partial charge in [0, 0.05) is 29.2 Å². The molecule has 188 valence electrons. The second-order valence-corrected chi connectivity index (χ2v) is 8.26. The number of carbonyl (C=O) groups excluding carboxylic acids is 3. The Morgan fingerprint density at radius 3 is 2.19 bits per heavy atom. The van der Waals surface area contributed by atoms with Gasteiger partial charge in [-0.25, -0.2) is 0 Å². The van der Waals surface area contributed by atoms with Crippen molar-refractivity contribution in [3.05, 3.63) is 77.3 Å². The number of benzene rings is 3. The average molecular weight is 511 g/mol. The summed E-state index contributed by atoms with van der Waals surface area (Å²) in [6, 6.07) is 19.3. The van der Waals surface area contributed by atoms with Crippen LogP contribution >= 0.6 is 11.6 Å². The van der Waals surface area contributed by atoms with Gasteiger partial charge in [0.2, 0.25) is 5.91 Å². The molecule has 0 aromatic heterocycles. The Hall–Kier alpha value is -4.04. The molecule has 3 aromatic carbocycles. The van der Waals surface area contributed by atoms with Gasteiger partial charge in [-0.05, 0) is 67.4 Å². The van der Waals surface area contributed by atoms with E-state index in [1.165, 1.54) is 0 Å². The quantitative estimate of drug-likeness (QED) is 0.319. The summed E-state index contributed by atoms with van der Waals surface area (Å²) in [6.07, 6.45) is 0.431. The molecule has 36 heavy (non-hydrogen) atoms. The maximum absolute atomic E-state index is 12.2. The topological polar surface area (TPSA) is 103 Å². The van der Waals surface area contributed by atoms with Crippen molar-refractivity contribution >= 4 is 40.8 Å². The molecular weight excluding hydrogens is 484 g/mol. The molecule has 8 nitrogen and oxygen atoms in total. The lowest BCUT2D eigenvalue weighted by atomic mass is 10.2. The van der Waals surface area contributed by atoms with Gasteiger partial charge in [0.15, 0.2) is 18.1 Å². The molecule has 0 spiro atoms. The zero-order chi connectivity index (χ0) is 25.9. The number of halogens is 1. The summed E-state index contributed by atoms with van der Waals surface area (Å²) < 4.78 is 16.0. The Morgan fingerprint density at radius 1 is 0.833 bits per heavy atom. The van der Waals surface area contributed by atoms with Crippen LogP contribution in [0.5, 0.6) is 17.2 Å². The van der Waals surface area contributed by atoms with Gasteiger partial charge in [-0.3, -0.25) is 14.4 Å². The SMILES string of the molecule is COc1ccccc1Oc1ccc(NC(=O)CCCC(=O)OCC(=O)Nc2ccc(C)c(Cl)c2)cc1. The van der Waals surface area contributed by atoms with Crippen LogP contribution < -0.4 is 20.1 Å². The van der Waals surface area contributed by atoms with E-state index in [2.05, 4.69) is 10.6 Å². The van der Waals surface area contributed by atoms with E-state index >= 15 is 0 Å². The van der Waals surface area contributed by atoms with Gasteiger partial charge in [-0.15, -0.1) is 0 Å². The Morgan fingerprint density at radius 2 is 1.50 bits per heavy atom. The first-order chi connectivity index (χ1) is 17.3. The highest BCUT2D eigenvalue weighted by Crippen LogP contribution is 2.31. The third-order valence-electron chi connectivity index (χ3n) is 5.04. The average Bonchev–Trinajstić information content (AvgIpc) is 2.86. The van der Waals surface area contributed by atoms with Crippen molar-refractivity contribution in [1.29, 1.82) is 0 Å². The number of esters is 1. The van der Waals surface area contributed by atoms with Gasteiger partial charge < -0.3 is 24.8 Å². The molecule has 3 aromatic rings. The number of nitrogens with one attached hydrogen (secondary N) is 2. The molecule has 0 atom stereocenters. The van der Waals surface area contributed by atoms with Crippen molar-refractivity contribution in [3.63, 3.8) is 0 Å². The van der Waals surface area contributed by atoms with Crippen molar-refractivity contribution in [2.45, 2.75) is 26.2 Å². The molecular formula is C27H27ClN2O6. The van der Waals surface area contributed by atoms with Gasteiger partial charge in [-0.1, -0.05) is 29.8 Å². The lowest BCUT2D eigenvalue weighted by Gasteiger charge is -2.11. The second-order valence-electron chi connectivity index (χ2n) is 7.85. The van der Waals surface area contributed by atoms with Gasteiger partial charge in [0.05, 0.1) is 7.11 Å². The molecule has 0 unspecified atom stereocenters. The van der Waals surface area contributed by atoms with E-state index in [0.717, 1.165) is 5.56 Å². The summed E-state index contributed by atoms with van der Waals surface area (Å²) in [7, 11) is 1.57. The van der Waals surface area contributed by atoms with Crippen LogP contribution in [0.1, 0.15) is 24.8 Å². The zero-order valence-corrected chi connectivity index (χ0v) is 20.8. The van der Waals surface area contributed by atoms with Crippen LogP contribution in [-0.2, 0) is 19.1 Å². The standard InChI is InChI=1S/C27H27ClN2O6/c1-18-10-11-20(16-22(18)28)30-26(32)17-35-27(33)9-5-8-25(31)29-19-12-14-21(15-13-19)36-24-7-4-3-6-23(24)34-2/h3-4,6-7,10-16H,5,8-9,17H2,1-2H3,(H,29,31)(H,30,32). The van der Waals surface area contributed by atoms with E-state index in [9.17, 15) is 14.4 Å². The highest BCUT2D eigenvalue weighted by molar-refractivity contribution is 6.31. The summed E-state index contributed by atoms with van der Waals surface area (Å²) in [6.45, 7) is 1.44. The highest BCUT2D eigenvalue weighted by atomic mass is 35.5. The molecule has 2 amide bonds. The van der Waals surface area contributed by atoms with Gasteiger partial charge in [0.25, 0.3) is 5.91 Å². The third kappa shape index (κ3) is 8.32. The van der Waals surface area contributed by atoms with Crippen LogP contribution in [0.15, 0.2) is 66.7 Å². The van der Waals surface area contributed by atoms with Crippen molar-refractivity contribution in [1.82, 2.24) is 0 Å². The van der Waals surface area contributed by atoms with E-state index in [0.29, 0.717) is 33.6 Å². The minimum Gasteiger partial charge on any atom is -0.493 e. The van der Waals surface area contributed by atoms with Gasteiger partial charge >= 0.3 is 5.97 Å². The zero-order valence-electron chi connectivity index (χ0n) is 20.0. The van der Waals surface area contributed by atoms with Crippen molar-refractivity contribution < 1.29 is 28.6 Å². The lowest BCUT2D eigenvalue weighted by Crippen LogP contribution is -2.21. The molecule has 0 saturated carbocycles. The molecule has 0 heterocycles. The van der Waals surface area contributed by atoms with Crippen LogP contribution in [-0.4, -0.2) is 31.5 Å². The van der Waals surface area contributed by atoms with Crippen LogP contribution in [0.25, 0.3) is 0 Å². The second kappa shape index (κ2) is 13.2. The minimum absolute atomic E-state index is 0.0166. The first-order valence-electron chi connectivity index (χ1n) is 11.3. The largest absolute Gasteiger partial charge is 0.493 e. The molecule has 3 rings (SSSR count). The smallest absolute Gasteiger partial charge is 0.306 e. The Balaban J connectivity index is 1.34. The first kappa shape index (κ1) is 26.6. The predicted octanol–water partition coefficient (Wildman–Crippen LogP) is 5.74. The fourth-order valence-corrected chi connectivity index (χ4v) is 3.32. The lowest BCUT2D eigenvalue weighted by molar-refractivity contribution is -0.147. The Bertz CT molecular complexity index is 1210. The summed E-state index contributed by atoms with van der Waals surface area (Å²) in [5.41, 5.74) is 2.01. The van der Waals surface area contributed by atoms with Crippen LogP contribution in [0.3, 0.4) is 0 Å². The molecule has 0 aliphatic heterocycles. The number of rotatable bonds is 11. The molecule has 2 N–H and O–H groups in total. The number of aryl methyl sites for hydroxylation is 1. The summed E-state index contributed by atoms with van der Waals surface area (Å²) in [5.74, 6) is 0.521. The van der Waals surface area contributed by atoms with Crippen molar-refractivity contribution in [2.75, 3.05) is 24.4 Å². The minimum atomic E-state index is -0.558. The van der Waals surface area contributed by atoms with E-state index in [1.807, 2.05) is 19.1 Å². The van der Waals surface area contributed by atoms with Gasteiger partial charge in [-0.2, -0.15) is 0 Å². The number of hydrogen-bond acceptors (Lipinski definition) is 6. The molecule has 0 fully saturated rings. The number of carbonyl (C=O) groups is 3. The highest BCUT2D eigenvalue weighted by Gasteiger charge is 2.11. The number of para-hydroxylation sites is 2. The summed E-state index contributed by atoms with van der Waals surface area (Å²) in [4.78, 5) is 36.0. The maximum atomic E-state index is 12.2. The Labute approximate surface area is 214 Å². The van der Waals surface area contributed by atoms with Crippen LogP contribution in [0.4, 0.5) is 11.4 Å². The molecule has 9 heteroatoms. The number of amides is 2. The predicted molar refractivity (Wildman–Crippen MR) is 138 cm³/mol. The van der Waals surface area contributed by atoms with E-state index in [1.54, 1.807) is 61.7 Å². The summed E-state index contributed by atoms with van der Waals surface area (Å²) in [5, 5.41) is 5.91. The monoisotopic (exact) mass is 510 g/mol. The Kier molecular flexibility index (Phi) is 9.71. The van der Waals surface area contributed by atoms with Crippen LogP contribution in [0, 0.1) is 6.92 Å². The number of anilines is 2. The fourth-order valence-electron chi connectivity index (χ4n) is 3.14. The number of hydrogen-bond donors (Lipinski definition) is 2. The van der Waals surface area contributed by atoms with Crippen LogP contribution in [0.2, 0.25) is 5.02 Å². The maximum Gasteiger partial charge on any atom is 0.306 e. The number of methoxy groups -OCH3 is 1. The van der Waals surface area contributed by atoms with E-state index in [4.69, 9.17) is 25.8 Å². The van der Waals surface area contributed by atoms with E-state index < -0.39 is 18.5 Å². The van der Waals surface area contributed by atoms with Crippen molar-refractivity contribution in [3.8, 4) is 17.2 Å². The molecule has 0 bridgehead atoms. The molecule has 0 aliphatic carbocycles. The molecule has 0 saturated heterocycles. The normalized spacial score (nSPS) is 10.3. The van der Waals surface area contributed by atoms with Gasteiger partial charge in [0.1, 0.15) is 5.75 Å². The summed E-state index contributed by atoms with van der Waals surface area (Å²) >= 11 is 6.03. The third-order valence-corrected chi connectivity index (χ3v) is 5.45. The van der Waals surface area contributed by atoms with Crippen molar-refractivity contribution in [2.24, 2.45) is 0 Å².